The predicted octanol–water partition coefficient (Wildman–Crippen LogP) is 1.62. The van der Waals surface area contributed by atoms with Crippen molar-refractivity contribution >= 4 is 33.4 Å². The summed E-state index contributed by atoms with van der Waals surface area (Å²) in [6, 6.07) is 11.4. The molecule has 3 N–H and O–H groups in total. The van der Waals surface area contributed by atoms with Crippen LogP contribution in [0.3, 0.4) is 0 Å². The second kappa shape index (κ2) is 12.0. The highest BCUT2D eigenvalue weighted by Gasteiger charge is 2.36. The van der Waals surface area contributed by atoms with Gasteiger partial charge < -0.3 is 20.4 Å². The lowest BCUT2D eigenvalue weighted by molar-refractivity contribution is -0.124. The Balaban J connectivity index is 1.88. The second-order valence-electron chi connectivity index (χ2n) is 8.53. The van der Waals surface area contributed by atoms with E-state index in [-0.39, 0.29) is 29.8 Å². The lowest BCUT2D eigenvalue weighted by Gasteiger charge is -2.29. The van der Waals surface area contributed by atoms with Crippen LogP contribution in [0, 0.1) is 0 Å². The quantitative estimate of drug-likeness (QED) is 0.458. The first kappa shape index (κ1) is 27.1. The van der Waals surface area contributed by atoms with Crippen LogP contribution in [-0.4, -0.2) is 78.5 Å². The molecule has 35 heavy (non-hydrogen) atoms. The average Bonchev–Trinajstić information content (AvgIpc) is 3.06. The van der Waals surface area contributed by atoms with E-state index in [2.05, 4.69) is 5.32 Å². The van der Waals surface area contributed by atoms with E-state index in [9.17, 15) is 23.1 Å². The van der Waals surface area contributed by atoms with Crippen LogP contribution in [0.2, 0.25) is 5.02 Å². The molecule has 0 aliphatic carbocycles. The summed E-state index contributed by atoms with van der Waals surface area (Å²) in [6.07, 6.45) is 0.829. The van der Waals surface area contributed by atoms with Gasteiger partial charge in [0.2, 0.25) is 15.9 Å². The normalized spacial score (nSPS) is 17.5. The zero-order valence-electron chi connectivity index (χ0n) is 19.4. The van der Waals surface area contributed by atoms with Gasteiger partial charge in [0.25, 0.3) is 5.91 Å². The topological polar surface area (TPSA) is 127 Å². The number of nitrogens with one attached hydrogen (secondary N) is 1. The molecule has 1 fully saturated rings. The Hall–Kier alpha value is -2.50. The minimum Gasteiger partial charge on any atom is -0.394 e. The molecular weight excluding hydrogens is 494 g/mol. The van der Waals surface area contributed by atoms with Gasteiger partial charge in [-0.05, 0) is 61.2 Å². The molecule has 11 heteroatoms. The Labute approximate surface area is 210 Å². The molecule has 0 radical (unpaired) electrons. The summed E-state index contributed by atoms with van der Waals surface area (Å²) in [7, 11) is -2.52. The Morgan fingerprint density at radius 2 is 1.80 bits per heavy atom. The van der Waals surface area contributed by atoms with Crippen LogP contribution in [0.1, 0.15) is 35.2 Å². The van der Waals surface area contributed by atoms with E-state index in [4.69, 9.17) is 16.7 Å². The molecule has 3 rings (SSSR count). The first-order valence-corrected chi connectivity index (χ1v) is 13.1. The molecule has 0 saturated carbocycles. The highest BCUT2D eigenvalue weighted by Crippen LogP contribution is 2.26. The number of amides is 2. The monoisotopic (exact) mass is 523 g/mol. The zero-order valence-corrected chi connectivity index (χ0v) is 21.0. The number of benzene rings is 2. The number of nitrogens with zero attached hydrogens (tertiary/aromatic N) is 2. The first-order valence-electron chi connectivity index (χ1n) is 11.3. The van der Waals surface area contributed by atoms with Crippen molar-refractivity contribution in [3.63, 3.8) is 0 Å². The lowest BCUT2D eigenvalue weighted by atomic mass is 10.1. The largest absolute Gasteiger partial charge is 0.394 e. The summed E-state index contributed by atoms with van der Waals surface area (Å²) < 4.78 is 28.4. The third-order valence-electron chi connectivity index (χ3n) is 5.86. The third kappa shape index (κ3) is 6.80. The molecular formula is C24H30ClN3O6S. The summed E-state index contributed by atoms with van der Waals surface area (Å²) in [4.78, 5) is 26.7. The Morgan fingerprint density at radius 1 is 1.14 bits per heavy atom. The number of halogens is 1. The fraction of sp³-hybridized carbons (Fsp3) is 0.417. The molecule has 1 heterocycles. The molecule has 190 valence electrons. The number of sulfonamides is 1. The molecule has 2 atom stereocenters. The number of hydrogen-bond donors (Lipinski definition) is 3. The van der Waals surface area contributed by atoms with Gasteiger partial charge in [0.1, 0.15) is 6.04 Å². The summed E-state index contributed by atoms with van der Waals surface area (Å²) >= 11 is 5.93. The molecule has 1 unspecified atom stereocenters. The number of hydrogen-bond acceptors (Lipinski definition) is 6. The fourth-order valence-electron chi connectivity index (χ4n) is 3.91. The molecule has 2 amide bonds. The minimum atomic E-state index is -4.03. The number of aliphatic hydroxyl groups excluding tert-OH is 2. The van der Waals surface area contributed by atoms with Crippen LogP contribution >= 0.6 is 11.6 Å². The van der Waals surface area contributed by atoms with Gasteiger partial charge in [0.05, 0.1) is 17.6 Å². The molecule has 1 aliphatic heterocycles. The summed E-state index contributed by atoms with van der Waals surface area (Å²) in [6.45, 7) is -0.0414. The maximum atomic E-state index is 13.6. The fourth-order valence-corrected chi connectivity index (χ4v) is 5.64. The highest BCUT2D eigenvalue weighted by molar-refractivity contribution is 7.89. The number of likely N-dealkylation sites (N-methyl/N-ethyl adjacent to an activating group) is 1. The molecule has 0 spiro atoms. The number of carbonyl (C=O) groups is 2. The maximum Gasteiger partial charge on any atom is 0.253 e. The minimum absolute atomic E-state index is 0.0268. The van der Waals surface area contributed by atoms with E-state index in [1.807, 2.05) is 0 Å². The van der Waals surface area contributed by atoms with E-state index >= 15 is 0 Å². The number of aliphatic hydroxyl groups is 2. The smallest absolute Gasteiger partial charge is 0.253 e. The van der Waals surface area contributed by atoms with Crippen molar-refractivity contribution in [3.05, 3.63) is 64.7 Å². The zero-order chi connectivity index (χ0) is 25.6. The van der Waals surface area contributed by atoms with Crippen molar-refractivity contribution in [1.82, 2.24) is 14.5 Å². The summed E-state index contributed by atoms with van der Waals surface area (Å²) in [5.41, 5.74) is 0.954. The Kier molecular flexibility index (Phi) is 9.26. The molecule has 2 aromatic carbocycles. The van der Waals surface area contributed by atoms with E-state index in [0.29, 0.717) is 35.5 Å². The van der Waals surface area contributed by atoms with E-state index in [1.165, 1.54) is 40.5 Å². The SMILES string of the molecule is CN(CC(O)CO)C(=O)c1ccc(CN([C@@H]2CCCCNC2=O)S(=O)(=O)c2ccc(Cl)cc2)cc1. The van der Waals surface area contributed by atoms with Crippen molar-refractivity contribution in [3.8, 4) is 0 Å². The molecule has 9 nitrogen and oxygen atoms in total. The summed E-state index contributed by atoms with van der Waals surface area (Å²) in [5, 5.41) is 21.8. The maximum absolute atomic E-state index is 13.6. The molecule has 1 saturated heterocycles. The third-order valence-corrected chi connectivity index (χ3v) is 7.98. The van der Waals surface area contributed by atoms with E-state index < -0.39 is 28.8 Å². The van der Waals surface area contributed by atoms with Crippen molar-refractivity contribution in [2.24, 2.45) is 0 Å². The van der Waals surface area contributed by atoms with E-state index in [1.54, 1.807) is 24.3 Å². The highest BCUT2D eigenvalue weighted by atomic mass is 35.5. The van der Waals surface area contributed by atoms with Crippen LogP contribution in [0.15, 0.2) is 53.4 Å². The van der Waals surface area contributed by atoms with Crippen LogP contribution in [0.25, 0.3) is 0 Å². The lowest BCUT2D eigenvalue weighted by Crippen LogP contribution is -2.48. The van der Waals surface area contributed by atoms with Gasteiger partial charge in [-0.15, -0.1) is 0 Å². The average molecular weight is 524 g/mol. The number of rotatable bonds is 9. The van der Waals surface area contributed by atoms with Gasteiger partial charge in [0.15, 0.2) is 0 Å². The van der Waals surface area contributed by atoms with Crippen LogP contribution in [0.4, 0.5) is 0 Å². The van der Waals surface area contributed by atoms with Crippen LogP contribution in [0.5, 0.6) is 0 Å². The van der Waals surface area contributed by atoms with Gasteiger partial charge in [-0.3, -0.25) is 9.59 Å². The molecule has 0 aromatic heterocycles. The van der Waals surface area contributed by atoms with E-state index in [0.717, 1.165) is 6.42 Å². The van der Waals surface area contributed by atoms with Crippen LogP contribution < -0.4 is 5.32 Å². The van der Waals surface area contributed by atoms with Gasteiger partial charge in [0, 0.05) is 37.3 Å². The van der Waals surface area contributed by atoms with Crippen LogP contribution in [-0.2, 0) is 21.4 Å². The van der Waals surface area contributed by atoms with Crippen molar-refractivity contribution < 1.29 is 28.2 Å². The van der Waals surface area contributed by atoms with Crippen molar-refractivity contribution in [1.29, 1.82) is 0 Å². The van der Waals surface area contributed by atoms with Gasteiger partial charge >= 0.3 is 0 Å². The van der Waals surface area contributed by atoms with Crippen molar-refractivity contribution in [2.45, 2.75) is 42.8 Å². The van der Waals surface area contributed by atoms with Gasteiger partial charge in [-0.2, -0.15) is 4.31 Å². The summed E-state index contributed by atoms with van der Waals surface area (Å²) in [5.74, 6) is -0.686. The molecule has 2 aromatic rings. The van der Waals surface area contributed by atoms with Crippen molar-refractivity contribution in [2.75, 3.05) is 26.7 Å². The second-order valence-corrected chi connectivity index (χ2v) is 10.9. The predicted molar refractivity (Wildman–Crippen MR) is 131 cm³/mol. The standard InChI is InChI=1S/C24H30ClN3O6S/c1-27(15-20(30)16-29)24(32)18-7-5-17(6-8-18)14-28(22-4-2-3-13-26-23(22)31)35(33,34)21-11-9-19(25)10-12-21/h5-12,20,22,29-30H,2-4,13-16H2,1H3,(H,26,31)/t20?,22-/m1/s1. The van der Waals surface area contributed by atoms with Gasteiger partial charge in [-0.1, -0.05) is 23.7 Å². The van der Waals surface area contributed by atoms with Gasteiger partial charge in [-0.25, -0.2) is 8.42 Å². The Bertz CT molecular complexity index is 1120. The first-order chi connectivity index (χ1) is 16.6. The molecule has 0 bridgehead atoms. The molecule has 1 aliphatic rings. The Morgan fingerprint density at radius 3 is 2.43 bits per heavy atom. The number of carbonyl (C=O) groups excluding carboxylic acids is 2.